The number of aliphatic imine (C=N–C) groups is 1. The van der Waals surface area contributed by atoms with Gasteiger partial charge in [0.05, 0.1) is 24.2 Å². The van der Waals surface area contributed by atoms with Crippen molar-refractivity contribution in [2.45, 2.75) is 25.5 Å². The number of hydrogen-bond acceptors (Lipinski definition) is 5. The van der Waals surface area contributed by atoms with Crippen molar-refractivity contribution in [3.05, 3.63) is 70.4 Å². The summed E-state index contributed by atoms with van der Waals surface area (Å²) in [6, 6.07) is 15.1. The van der Waals surface area contributed by atoms with Gasteiger partial charge in [0.25, 0.3) is 5.91 Å². The highest BCUT2D eigenvalue weighted by Gasteiger charge is 2.36. The van der Waals surface area contributed by atoms with Crippen molar-refractivity contribution < 1.29 is 14.3 Å². The first-order chi connectivity index (χ1) is 16.0. The molecule has 2 aliphatic heterocycles. The van der Waals surface area contributed by atoms with Gasteiger partial charge in [-0.05, 0) is 42.7 Å². The highest BCUT2D eigenvalue weighted by atomic mass is 35.5. The van der Waals surface area contributed by atoms with E-state index in [2.05, 4.69) is 4.99 Å². The molecule has 0 saturated carbocycles. The lowest BCUT2D eigenvalue weighted by molar-refractivity contribution is -0.134. The zero-order valence-electron chi connectivity index (χ0n) is 18.7. The second kappa shape index (κ2) is 10.5. The summed E-state index contributed by atoms with van der Waals surface area (Å²) in [5, 5.41) is 0.700. The van der Waals surface area contributed by atoms with Crippen LogP contribution < -0.4 is 4.90 Å². The Balaban J connectivity index is 1.67. The van der Waals surface area contributed by atoms with Crippen molar-refractivity contribution in [3.8, 4) is 0 Å². The van der Waals surface area contributed by atoms with Crippen LogP contribution in [0, 0.1) is 6.92 Å². The number of hydrogen-bond donors (Lipinski definition) is 0. The molecule has 2 amide bonds. The van der Waals surface area contributed by atoms with Gasteiger partial charge in [-0.15, -0.1) is 0 Å². The van der Waals surface area contributed by atoms with E-state index in [0.717, 1.165) is 11.1 Å². The smallest absolute Gasteiger partial charge is 0.283 e. The van der Waals surface area contributed by atoms with Crippen molar-refractivity contribution in [1.29, 1.82) is 0 Å². The normalized spacial score (nSPS) is 18.6. The van der Waals surface area contributed by atoms with Crippen molar-refractivity contribution >= 4 is 52.1 Å². The molecule has 1 fully saturated rings. The minimum absolute atomic E-state index is 0.0447. The molecule has 1 atom stereocenters. The predicted octanol–water partition coefficient (Wildman–Crippen LogP) is 4.76. The number of thioether (sulfide) groups is 1. The average molecular weight is 484 g/mol. The number of carbonyl (C=O) groups excluding carboxylic acids is 2. The lowest BCUT2D eigenvalue weighted by Crippen LogP contribution is -2.45. The van der Waals surface area contributed by atoms with Gasteiger partial charge < -0.3 is 9.64 Å². The summed E-state index contributed by atoms with van der Waals surface area (Å²) in [7, 11) is 0. The van der Waals surface area contributed by atoms with Gasteiger partial charge in [-0.2, -0.15) is 0 Å². The van der Waals surface area contributed by atoms with E-state index in [0.29, 0.717) is 54.3 Å². The van der Waals surface area contributed by atoms with Gasteiger partial charge in [0.1, 0.15) is 5.70 Å². The monoisotopic (exact) mass is 483 g/mol. The Morgan fingerprint density at radius 2 is 1.94 bits per heavy atom. The number of morpholine rings is 1. The molecule has 2 aromatic rings. The van der Waals surface area contributed by atoms with Crippen LogP contribution in [-0.4, -0.2) is 53.4 Å². The molecule has 0 spiro atoms. The maximum atomic E-state index is 13.4. The van der Waals surface area contributed by atoms with Crippen molar-refractivity contribution in [2.24, 2.45) is 4.99 Å². The predicted molar refractivity (Wildman–Crippen MR) is 135 cm³/mol. The Hall–Kier alpha value is -2.61. The van der Waals surface area contributed by atoms with E-state index < -0.39 is 0 Å². The van der Waals surface area contributed by atoms with Crippen LogP contribution in [0.5, 0.6) is 0 Å². The molecule has 172 valence electrons. The fraction of sp³-hybridized carbons (Fsp3) is 0.320. The van der Waals surface area contributed by atoms with Crippen molar-refractivity contribution in [2.75, 3.05) is 31.2 Å². The van der Waals surface area contributed by atoms with Crippen LogP contribution in [0.4, 0.5) is 5.69 Å². The van der Waals surface area contributed by atoms with Crippen molar-refractivity contribution in [3.63, 3.8) is 0 Å². The Labute approximate surface area is 203 Å². The third-order valence-corrected chi connectivity index (χ3v) is 7.27. The van der Waals surface area contributed by atoms with Crippen LogP contribution in [0.15, 0.2) is 59.2 Å². The summed E-state index contributed by atoms with van der Waals surface area (Å²) in [5.41, 5.74) is 2.77. The quantitative estimate of drug-likeness (QED) is 0.575. The van der Waals surface area contributed by atoms with Crippen LogP contribution in [0.25, 0.3) is 6.08 Å². The van der Waals surface area contributed by atoms with E-state index >= 15 is 0 Å². The van der Waals surface area contributed by atoms with Gasteiger partial charge >= 0.3 is 0 Å². The topological polar surface area (TPSA) is 62.2 Å². The number of anilines is 1. The molecule has 1 saturated heterocycles. The van der Waals surface area contributed by atoms with E-state index in [1.54, 1.807) is 17.0 Å². The standard InChI is InChI=1S/C25H26ClN3O3S/c1-3-22(24(31)28-11-13-32-14-12-28)33-25-27-21(15-18-7-5-4-6-8-18)23(30)29(25)19-10-9-17(2)20(26)16-19/h4-10,15-16,22H,3,11-14H2,1-2H3/b21-15-. The molecule has 2 heterocycles. The lowest BCUT2D eigenvalue weighted by Gasteiger charge is -2.30. The third-order valence-electron chi connectivity index (χ3n) is 5.56. The second-order valence-electron chi connectivity index (χ2n) is 7.86. The maximum Gasteiger partial charge on any atom is 0.283 e. The van der Waals surface area contributed by atoms with E-state index in [9.17, 15) is 9.59 Å². The van der Waals surface area contributed by atoms with E-state index in [1.165, 1.54) is 11.8 Å². The van der Waals surface area contributed by atoms with Gasteiger partial charge in [-0.25, -0.2) is 4.99 Å². The van der Waals surface area contributed by atoms with E-state index in [-0.39, 0.29) is 17.1 Å². The van der Waals surface area contributed by atoms with Crippen LogP contribution in [0.3, 0.4) is 0 Å². The van der Waals surface area contributed by atoms with Gasteiger partial charge in [-0.1, -0.05) is 66.7 Å². The summed E-state index contributed by atoms with van der Waals surface area (Å²) in [4.78, 5) is 34.7. The summed E-state index contributed by atoms with van der Waals surface area (Å²) in [6.45, 7) is 6.14. The molecular weight excluding hydrogens is 458 g/mol. The molecule has 0 aromatic heterocycles. The largest absolute Gasteiger partial charge is 0.378 e. The molecule has 0 aliphatic carbocycles. The molecular formula is C25H26ClN3O3S. The highest BCUT2D eigenvalue weighted by Crippen LogP contribution is 2.34. The molecule has 0 bridgehead atoms. The van der Waals surface area contributed by atoms with Gasteiger partial charge in [0.2, 0.25) is 5.91 Å². The Bertz CT molecular complexity index is 1100. The molecule has 0 N–H and O–H groups in total. The molecule has 4 rings (SSSR count). The number of rotatable bonds is 5. The Kier molecular flexibility index (Phi) is 7.53. The number of amides is 2. The molecule has 33 heavy (non-hydrogen) atoms. The first kappa shape index (κ1) is 23.5. The molecule has 0 radical (unpaired) electrons. The zero-order valence-corrected chi connectivity index (χ0v) is 20.2. The number of amidine groups is 1. The third kappa shape index (κ3) is 5.32. The number of aryl methyl sites for hydroxylation is 1. The number of carbonyl (C=O) groups is 2. The highest BCUT2D eigenvalue weighted by molar-refractivity contribution is 8.15. The minimum atomic E-state index is -0.353. The zero-order chi connectivity index (χ0) is 23.4. The SMILES string of the molecule is CCC(SC1=N/C(=C\c2ccccc2)C(=O)N1c1ccc(C)c(Cl)c1)C(=O)N1CCOCC1. The van der Waals surface area contributed by atoms with Crippen LogP contribution in [0.2, 0.25) is 5.02 Å². The van der Waals surface area contributed by atoms with E-state index in [1.807, 2.05) is 61.2 Å². The number of ether oxygens (including phenoxy) is 1. The maximum absolute atomic E-state index is 13.4. The first-order valence-corrected chi connectivity index (χ1v) is 12.2. The Morgan fingerprint density at radius 1 is 1.21 bits per heavy atom. The fourth-order valence-corrected chi connectivity index (χ4v) is 4.94. The molecule has 2 aliphatic rings. The average Bonchev–Trinajstić information content (AvgIpc) is 3.14. The second-order valence-corrected chi connectivity index (χ2v) is 9.44. The van der Waals surface area contributed by atoms with Crippen LogP contribution in [-0.2, 0) is 14.3 Å². The fourth-order valence-electron chi connectivity index (χ4n) is 3.65. The molecule has 6 nitrogen and oxygen atoms in total. The minimum Gasteiger partial charge on any atom is -0.378 e. The molecule has 2 aromatic carbocycles. The Morgan fingerprint density at radius 3 is 2.61 bits per heavy atom. The summed E-state index contributed by atoms with van der Waals surface area (Å²) in [5.74, 6) is -0.196. The van der Waals surface area contributed by atoms with E-state index in [4.69, 9.17) is 16.3 Å². The van der Waals surface area contributed by atoms with Crippen LogP contribution in [0.1, 0.15) is 24.5 Å². The van der Waals surface area contributed by atoms with Crippen LogP contribution >= 0.6 is 23.4 Å². The van der Waals surface area contributed by atoms with Gasteiger partial charge in [-0.3, -0.25) is 14.5 Å². The number of halogens is 1. The summed E-state index contributed by atoms with van der Waals surface area (Å²) in [6.07, 6.45) is 2.39. The van der Waals surface area contributed by atoms with Crippen molar-refractivity contribution in [1.82, 2.24) is 4.90 Å². The summed E-state index contributed by atoms with van der Waals surface area (Å²) < 4.78 is 5.38. The summed E-state index contributed by atoms with van der Waals surface area (Å²) >= 11 is 7.69. The molecule has 1 unspecified atom stereocenters. The molecule has 8 heteroatoms. The first-order valence-electron chi connectivity index (χ1n) is 11.0. The lowest BCUT2D eigenvalue weighted by atomic mass is 10.2. The number of benzene rings is 2. The van der Waals surface area contributed by atoms with Gasteiger partial charge in [0.15, 0.2) is 5.17 Å². The van der Waals surface area contributed by atoms with Gasteiger partial charge in [0, 0.05) is 18.1 Å². The number of nitrogens with zero attached hydrogens (tertiary/aromatic N) is 3.